The molecule has 0 saturated heterocycles. The van der Waals surface area contributed by atoms with Crippen LogP contribution < -0.4 is 10.6 Å². The number of anilines is 2. The number of carbonyl (C=O) groups excluding carboxylic acids is 2. The maximum atomic E-state index is 13.2. The standard InChI is InChI=1S/C30H34N6O3S2/c37-24(19-20-11-3-1-4-12-20)31-29-35-33-25(40-29)17-9-10-18-26-34-36-30(41-26)32-28(39)23-16-8-7-15-22(23)27(38)21-13-5-2-6-14-21/h1-6,11-14,22-23,27,38H,7-10,15-19H2,(H,31,35,37)(H,32,36,39)/t22-,23-,27-/m1/s1. The molecule has 11 heteroatoms. The van der Waals surface area contributed by atoms with Crippen molar-refractivity contribution in [3.8, 4) is 0 Å². The van der Waals surface area contributed by atoms with Gasteiger partial charge in [-0.15, -0.1) is 20.4 Å². The molecule has 1 fully saturated rings. The van der Waals surface area contributed by atoms with Crippen molar-refractivity contribution in [3.05, 3.63) is 81.8 Å². The monoisotopic (exact) mass is 590 g/mol. The number of hydrogen-bond acceptors (Lipinski definition) is 9. The molecule has 4 aromatic rings. The lowest BCUT2D eigenvalue weighted by molar-refractivity contribution is -0.124. The van der Waals surface area contributed by atoms with Crippen LogP contribution in [0.1, 0.15) is 65.8 Å². The highest BCUT2D eigenvalue weighted by Crippen LogP contribution is 2.39. The lowest BCUT2D eigenvalue weighted by atomic mass is 9.74. The minimum Gasteiger partial charge on any atom is -0.388 e. The first-order valence-electron chi connectivity index (χ1n) is 14.1. The number of unbranched alkanes of at least 4 members (excludes halogenated alkanes) is 1. The Bertz CT molecular complexity index is 1410. The highest BCUT2D eigenvalue weighted by Gasteiger charge is 2.36. The van der Waals surface area contributed by atoms with E-state index < -0.39 is 6.10 Å². The summed E-state index contributed by atoms with van der Waals surface area (Å²) in [4.78, 5) is 25.4. The summed E-state index contributed by atoms with van der Waals surface area (Å²) in [6.07, 6.45) is 6.54. The van der Waals surface area contributed by atoms with Crippen molar-refractivity contribution in [2.75, 3.05) is 10.6 Å². The van der Waals surface area contributed by atoms with Gasteiger partial charge in [-0.3, -0.25) is 9.59 Å². The van der Waals surface area contributed by atoms with Crippen LogP contribution in [0.3, 0.4) is 0 Å². The zero-order valence-corrected chi connectivity index (χ0v) is 24.4. The van der Waals surface area contributed by atoms with Crippen LogP contribution in [-0.2, 0) is 28.9 Å². The number of nitrogens with one attached hydrogen (secondary N) is 2. The minimum atomic E-state index is -0.660. The molecule has 9 nitrogen and oxygen atoms in total. The molecule has 3 N–H and O–H groups in total. The van der Waals surface area contributed by atoms with Gasteiger partial charge in [-0.25, -0.2) is 0 Å². The molecule has 1 saturated carbocycles. The maximum Gasteiger partial charge on any atom is 0.230 e. The number of rotatable bonds is 12. The molecule has 2 aromatic carbocycles. The zero-order chi connectivity index (χ0) is 28.4. The van der Waals surface area contributed by atoms with Crippen LogP contribution in [0.5, 0.6) is 0 Å². The van der Waals surface area contributed by atoms with Crippen LogP contribution in [-0.4, -0.2) is 37.3 Å². The van der Waals surface area contributed by atoms with E-state index in [-0.39, 0.29) is 23.7 Å². The first-order chi connectivity index (χ1) is 20.0. The molecule has 0 bridgehead atoms. The van der Waals surface area contributed by atoms with Gasteiger partial charge in [-0.1, -0.05) is 96.2 Å². The van der Waals surface area contributed by atoms with Gasteiger partial charge >= 0.3 is 0 Å². The quantitative estimate of drug-likeness (QED) is 0.183. The molecule has 41 heavy (non-hydrogen) atoms. The van der Waals surface area contributed by atoms with Crippen LogP contribution in [0.2, 0.25) is 0 Å². The number of aliphatic hydroxyl groups excluding tert-OH is 1. The molecule has 0 unspecified atom stereocenters. The number of aromatic nitrogens is 4. The van der Waals surface area contributed by atoms with Crippen molar-refractivity contribution >= 4 is 44.8 Å². The van der Waals surface area contributed by atoms with E-state index in [1.54, 1.807) is 0 Å². The van der Waals surface area contributed by atoms with Crippen molar-refractivity contribution < 1.29 is 14.7 Å². The lowest BCUT2D eigenvalue weighted by Gasteiger charge is -2.33. The Hall–Kier alpha value is -3.54. The van der Waals surface area contributed by atoms with Crippen LogP contribution in [0.25, 0.3) is 0 Å². The molecular weight excluding hydrogens is 557 g/mol. The molecule has 2 amide bonds. The van der Waals surface area contributed by atoms with Gasteiger partial charge in [0.2, 0.25) is 22.1 Å². The number of hydrogen-bond donors (Lipinski definition) is 3. The Morgan fingerprint density at radius 2 is 1.39 bits per heavy atom. The number of amides is 2. The molecule has 1 aliphatic rings. The summed E-state index contributed by atoms with van der Waals surface area (Å²) in [7, 11) is 0. The second-order valence-electron chi connectivity index (χ2n) is 10.3. The number of nitrogens with zero attached hydrogens (tertiary/aromatic N) is 4. The number of aryl methyl sites for hydroxylation is 2. The predicted molar refractivity (Wildman–Crippen MR) is 161 cm³/mol. The normalized spacial score (nSPS) is 17.6. The summed E-state index contributed by atoms with van der Waals surface area (Å²) in [5.41, 5.74) is 1.81. The van der Waals surface area contributed by atoms with Gasteiger partial charge in [0, 0.05) is 24.7 Å². The second-order valence-corrected chi connectivity index (χ2v) is 12.4. The molecule has 1 aliphatic carbocycles. The fraction of sp³-hybridized carbons (Fsp3) is 0.400. The fourth-order valence-electron chi connectivity index (χ4n) is 5.27. The first kappa shape index (κ1) is 29.0. The third-order valence-corrected chi connectivity index (χ3v) is 9.15. The van der Waals surface area contributed by atoms with Gasteiger partial charge in [0.15, 0.2) is 0 Å². The maximum absolute atomic E-state index is 13.2. The van der Waals surface area contributed by atoms with Gasteiger partial charge in [0.1, 0.15) is 10.0 Å². The largest absolute Gasteiger partial charge is 0.388 e. The Morgan fingerprint density at radius 1 is 0.805 bits per heavy atom. The third-order valence-electron chi connectivity index (χ3n) is 7.35. The fourth-order valence-corrected chi connectivity index (χ4v) is 6.85. The summed E-state index contributed by atoms with van der Waals surface area (Å²) >= 11 is 2.80. The highest BCUT2D eigenvalue weighted by atomic mass is 32.1. The van der Waals surface area contributed by atoms with E-state index in [2.05, 4.69) is 31.0 Å². The van der Waals surface area contributed by atoms with Crippen molar-refractivity contribution in [1.82, 2.24) is 20.4 Å². The first-order valence-corrected chi connectivity index (χ1v) is 15.7. The molecule has 3 atom stereocenters. The average Bonchev–Trinajstić information content (AvgIpc) is 3.64. The minimum absolute atomic E-state index is 0.0877. The summed E-state index contributed by atoms with van der Waals surface area (Å²) in [6, 6.07) is 19.2. The Balaban J connectivity index is 1.05. The average molecular weight is 591 g/mol. The zero-order valence-electron chi connectivity index (χ0n) is 22.7. The molecular formula is C30H34N6O3S2. The number of carbonyl (C=O) groups is 2. The Kier molecular flexibility index (Phi) is 10.2. The van der Waals surface area contributed by atoms with Crippen molar-refractivity contribution in [3.63, 3.8) is 0 Å². The van der Waals surface area contributed by atoms with E-state index >= 15 is 0 Å². The summed E-state index contributed by atoms with van der Waals surface area (Å²) in [5, 5.41) is 36.3. The Morgan fingerprint density at radius 3 is 2.05 bits per heavy atom. The van der Waals surface area contributed by atoms with E-state index in [9.17, 15) is 14.7 Å². The van der Waals surface area contributed by atoms with Gasteiger partial charge in [0.25, 0.3) is 0 Å². The van der Waals surface area contributed by atoms with Gasteiger partial charge in [-0.2, -0.15) is 0 Å². The van der Waals surface area contributed by atoms with E-state index in [0.29, 0.717) is 16.7 Å². The summed E-state index contributed by atoms with van der Waals surface area (Å²) < 4.78 is 0. The van der Waals surface area contributed by atoms with E-state index in [0.717, 1.165) is 72.5 Å². The van der Waals surface area contributed by atoms with E-state index in [1.165, 1.54) is 22.7 Å². The SMILES string of the molecule is O=C(Cc1ccccc1)Nc1nnc(CCCCc2nnc(NC(=O)[C@@H]3CCCC[C@H]3[C@H](O)c3ccccc3)s2)s1. The van der Waals surface area contributed by atoms with Crippen molar-refractivity contribution in [2.45, 2.75) is 63.9 Å². The lowest BCUT2D eigenvalue weighted by Crippen LogP contribution is -2.35. The van der Waals surface area contributed by atoms with Crippen LogP contribution in [0, 0.1) is 11.8 Å². The number of aliphatic hydroxyl groups is 1. The third kappa shape index (κ3) is 8.25. The molecule has 5 rings (SSSR count). The summed E-state index contributed by atoms with van der Waals surface area (Å²) in [6.45, 7) is 0. The molecule has 2 heterocycles. The molecule has 0 aliphatic heterocycles. The van der Waals surface area contributed by atoms with Gasteiger partial charge in [0.05, 0.1) is 12.5 Å². The summed E-state index contributed by atoms with van der Waals surface area (Å²) in [5.74, 6) is -0.567. The molecule has 0 radical (unpaired) electrons. The van der Waals surface area contributed by atoms with Crippen LogP contribution in [0.15, 0.2) is 60.7 Å². The smallest absolute Gasteiger partial charge is 0.230 e. The topological polar surface area (TPSA) is 130 Å². The van der Waals surface area contributed by atoms with Crippen molar-refractivity contribution in [1.29, 1.82) is 0 Å². The van der Waals surface area contributed by atoms with Gasteiger partial charge in [-0.05, 0) is 36.8 Å². The molecule has 214 valence electrons. The predicted octanol–water partition coefficient (Wildman–Crippen LogP) is 5.61. The molecule has 0 spiro atoms. The molecule has 2 aromatic heterocycles. The van der Waals surface area contributed by atoms with Crippen LogP contribution >= 0.6 is 22.7 Å². The highest BCUT2D eigenvalue weighted by molar-refractivity contribution is 7.15. The number of benzene rings is 2. The van der Waals surface area contributed by atoms with E-state index in [1.807, 2.05) is 60.7 Å². The van der Waals surface area contributed by atoms with E-state index in [4.69, 9.17) is 0 Å². The Labute approximate surface area is 247 Å². The van der Waals surface area contributed by atoms with Crippen molar-refractivity contribution in [2.24, 2.45) is 11.8 Å². The van der Waals surface area contributed by atoms with Crippen LogP contribution in [0.4, 0.5) is 10.3 Å². The van der Waals surface area contributed by atoms with Gasteiger partial charge < -0.3 is 15.7 Å². The second kappa shape index (κ2) is 14.4.